The number of carbonyl (C=O) groups is 1. The number of hydrogen-bond donors (Lipinski definition) is 1. The van der Waals surface area contributed by atoms with Gasteiger partial charge in [-0.05, 0) is 31.2 Å². The van der Waals surface area contributed by atoms with E-state index in [1.807, 2.05) is 25.1 Å². The highest BCUT2D eigenvalue weighted by Crippen LogP contribution is 2.23. The summed E-state index contributed by atoms with van der Waals surface area (Å²) in [6.07, 6.45) is 3.31. The van der Waals surface area contributed by atoms with Crippen LogP contribution in [0.4, 0.5) is 5.69 Å². The minimum Gasteiger partial charge on any atom is -0.456 e. The van der Waals surface area contributed by atoms with E-state index in [0.29, 0.717) is 22.9 Å². The van der Waals surface area contributed by atoms with Gasteiger partial charge in [-0.2, -0.15) is 0 Å². The normalized spacial score (nSPS) is 10.2. The molecule has 0 aliphatic heterocycles. The monoisotopic (exact) mass is 311 g/mol. The lowest BCUT2D eigenvalue weighted by atomic mass is 10.3. The Labute approximate surface area is 131 Å². The van der Waals surface area contributed by atoms with Gasteiger partial charge in [0.05, 0.1) is 11.2 Å². The van der Waals surface area contributed by atoms with Gasteiger partial charge in [0.15, 0.2) is 0 Å². The van der Waals surface area contributed by atoms with Crippen molar-refractivity contribution in [2.24, 2.45) is 0 Å². The van der Waals surface area contributed by atoms with Crippen molar-refractivity contribution in [3.8, 4) is 11.5 Å². The molecule has 2 aromatic heterocycles. The van der Waals surface area contributed by atoms with Crippen molar-refractivity contribution in [1.29, 1.82) is 0 Å². The Balaban J connectivity index is 1.72. The maximum absolute atomic E-state index is 12.1. The van der Waals surface area contributed by atoms with Gasteiger partial charge in [-0.25, -0.2) is 4.98 Å². The van der Waals surface area contributed by atoms with E-state index in [0.717, 1.165) is 5.01 Å². The molecule has 0 aliphatic rings. The molecular weight excluding hydrogens is 298 g/mol. The lowest BCUT2D eigenvalue weighted by Gasteiger charge is -2.08. The highest BCUT2D eigenvalue weighted by atomic mass is 32.1. The molecule has 0 saturated carbocycles. The highest BCUT2D eigenvalue weighted by Gasteiger charge is 2.10. The Morgan fingerprint density at radius 2 is 2.09 bits per heavy atom. The number of aromatic nitrogens is 2. The summed E-state index contributed by atoms with van der Waals surface area (Å²) < 4.78 is 5.68. The number of aryl methyl sites for hydroxylation is 1. The van der Waals surface area contributed by atoms with Crippen molar-refractivity contribution in [3.63, 3.8) is 0 Å². The van der Waals surface area contributed by atoms with Gasteiger partial charge in [-0.15, -0.1) is 11.3 Å². The van der Waals surface area contributed by atoms with E-state index in [-0.39, 0.29) is 5.91 Å². The molecule has 3 aromatic rings. The minimum absolute atomic E-state index is 0.233. The van der Waals surface area contributed by atoms with Crippen LogP contribution in [0, 0.1) is 6.92 Å². The topological polar surface area (TPSA) is 64.1 Å². The Morgan fingerprint density at radius 1 is 1.23 bits per heavy atom. The lowest BCUT2D eigenvalue weighted by molar-refractivity contribution is 0.102. The number of nitrogens with one attached hydrogen (secondary N) is 1. The molecule has 5 nitrogen and oxygen atoms in total. The summed E-state index contributed by atoms with van der Waals surface area (Å²) in [4.78, 5) is 20.2. The molecule has 0 radical (unpaired) electrons. The molecule has 0 bridgehead atoms. The SMILES string of the molecule is Cc1nc(C(=O)Nc2cccc(Oc3cccnc3)c2)cs1. The van der Waals surface area contributed by atoms with Crippen LogP contribution in [0.1, 0.15) is 15.5 Å². The van der Waals surface area contributed by atoms with Crippen molar-refractivity contribution in [3.05, 3.63) is 64.9 Å². The van der Waals surface area contributed by atoms with Crippen LogP contribution < -0.4 is 10.1 Å². The van der Waals surface area contributed by atoms with Gasteiger partial charge in [-0.3, -0.25) is 9.78 Å². The van der Waals surface area contributed by atoms with Gasteiger partial charge in [0, 0.05) is 23.3 Å². The number of hydrogen-bond acceptors (Lipinski definition) is 5. The molecule has 3 rings (SSSR count). The van der Waals surface area contributed by atoms with Gasteiger partial charge < -0.3 is 10.1 Å². The molecule has 22 heavy (non-hydrogen) atoms. The van der Waals surface area contributed by atoms with Gasteiger partial charge in [0.25, 0.3) is 5.91 Å². The van der Waals surface area contributed by atoms with Crippen molar-refractivity contribution < 1.29 is 9.53 Å². The van der Waals surface area contributed by atoms with Crippen LogP contribution in [-0.4, -0.2) is 15.9 Å². The summed E-state index contributed by atoms with van der Waals surface area (Å²) in [6.45, 7) is 1.86. The minimum atomic E-state index is -0.233. The Morgan fingerprint density at radius 3 is 2.82 bits per heavy atom. The molecule has 1 aromatic carbocycles. The zero-order valence-corrected chi connectivity index (χ0v) is 12.6. The van der Waals surface area contributed by atoms with Gasteiger partial charge >= 0.3 is 0 Å². The summed E-state index contributed by atoms with van der Waals surface area (Å²) in [5, 5.41) is 5.40. The summed E-state index contributed by atoms with van der Waals surface area (Å²) in [7, 11) is 0. The Hall–Kier alpha value is -2.73. The average Bonchev–Trinajstić information content (AvgIpc) is 2.95. The fraction of sp³-hybridized carbons (Fsp3) is 0.0625. The number of thiazole rings is 1. The summed E-state index contributed by atoms with van der Waals surface area (Å²) in [5.41, 5.74) is 1.07. The van der Waals surface area contributed by atoms with Crippen molar-refractivity contribution in [1.82, 2.24) is 9.97 Å². The third kappa shape index (κ3) is 3.48. The number of anilines is 1. The zero-order chi connectivity index (χ0) is 15.4. The van der Waals surface area contributed by atoms with Crippen LogP contribution >= 0.6 is 11.3 Å². The number of benzene rings is 1. The number of carbonyl (C=O) groups excluding carboxylic acids is 1. The molecule has 0 saturated heterocycles. The summed E-state index contributed by atoms with van der Waals surface area (Å²) in [5.74, 6) is 1.03. The first-order valence-corrected chi connectivity index (χ1v) is 7.50. The first kappa shape index (κ1) is 14.2. The first-order valence-electron chi connectivity index (χ1n) is 6.62. The van der Waals surface area contributed by atoms with Gasteiger partial charge in [0.2, 0.25) is 0 Å². The highest BCUT2D eigenvalue weighted by molar-refractivity contribution is 7.09. The second-order valence-corrected chi connectivity index (χ2v) is 5.59. The number of ether oxygens (including phenoxy) is 1. The third-order valence-electron chi connectivity index (χ3n) is 2.81. The Bertz CT molecular complexity index is 787. The molecule has 0 atom stereocenters. The average molecular weight is 311 g/mol. The van der Waals surface area contributed by atoms with Crippen LogP contribution in [0.15, 0.2) is 54.2 Å². The quantitative estimate of drug-likeness (QED) is 0.794. The second kappa shape index (κ2) is 6.36. The van der Waals surface area contributed by atoms with E-state index in [1.165, 1.54) is 11.3 Å². The number of amides is 1. The van der Waals surface area contributed by atoms with Crippen molar-refractivity contribution in [2.45, 2.75) is 6.92 Å². The summed E-state index contributed by atoms with van der Waals surface area (Å²) >= 11 is 1.44. The number of pyridine rings is 1. The van der Waals surface area contributed by atoms with Crippen LogP contribution in [0.3, 0.4) is 0 Å². The summed E-state index contributed by atoms with van der Waals surface area (Å²) in [6, 6.07) is 10.8. The predicted molar refractivity (Wildman–Crippen MR) is 85.6 cm³/mol. The van der Waals surface area contributed by atoms with E-state index in [9.17, 15) is 4.79 Å². The van der Waals surface area contributed by atoms with E-state index in [4.69, 9.17) is 4.74 Å². The van der Waals surface area contributed by atoms with Gasteiger partial charge in [0.1, 0.15) is 17.2 Å². The number of nitrogens with zero attached hydrogens (tertiary/aromatic N) is 2. The predicted octanol–water partition coefficient (Wildman–Crippen LogP) is 3.89. The maximum atomic E-state index is 12.1. The zero-order valence-electron chi connectivity index (χ0n) is 11.8. The first-order chi connectivity index (χ1) is 10.7. The molecule has 1 amide bonds. The van der Waals surface area contributed by atoms with Crippen molar-refractivity contribution in [2.75, 3.05) is 5.32 Å². The van der Waals surface area contributed by atoms with Crippen molar-refractivity contribution >= 4 is 22.9 Å². The standard InChI is InChI=1S/C16H13N3O2S/c1-11-18-15(10-22-11)16(20)19-12-4-2-5-13(8-12)21-14-6-3-7-17-9-14/h2-10H,1H3,(H,19,20). The van der Waals surface area contributed by atoms with Crippen LogP contribution in [-0.2, 0) is 0 Å². The van der Waals surface area contributed by atoms with Crippen LogP contribution in [0.2, 0.25) is 0 Å². The molecular formula is C16H13N3O2S. The fourth-order valence-corrected chi connectivity index (χ4v) is 2.44. The molecule has 0 aliphatic carbocycles. The van der Waals surface area contributed by atoms with E-state index in [1.54, 1.807) is 36.0 Å². The molecule has 2 heterocycles. The van der Waals surface area contributed by atoms with E-state index < -0.39 is 0 Å². The number of rotatable bonds is 4. The molecule has 110 valence electrons. The third-order valence-corrected chi connectivity index (χ3v) is 3.59. The fourth-order valence-electron chi connectivity index (χ4n) is 1.84. The molecule has 0 unspecified atom stereocenters. The van der Waals surface area contributed by atoms with Crippen LogP contribution in [0.5, 0.6) is 11.5 Å². The van der Waals surface area contributed by atoms with E-state index >= 15 is 0 Å². The second-order valence-electron chi connectivity index (χ2n) is 4.52. The van der Waals surface area contributed by atoms with Crippen LogP contribution in [0.25, 0.3) is 0 Å². The Kier molecular flexibility index (Phi) is 4.11. The van der Waals surface area contributed by atoms with E-state index in [2.05, 4.69) is 15.3 Å². The molecule has 6 heteroatoms. The maximum Gasteiger partial charge on any atom is 0.275 e. The smallest absolute Gasteiger partial charge is 0.275 e. The molecule has 0 spiro atoms. The lowest BCUT2D eigenvalue weighted by Crippen LogP contribution is -2.12. The van der Waals surface area contributed by atoms with Gasteiger partial charge in [-0.1, -0.05) is 6.07 Å². The largest absolute Gasteiger partial charge is 0.456 e. The molecule has 1 N–H and O–H groups in total. The molecule has 0 fully saturated rings.